The second-order valence-corrected chi connectivity index (χ2v) is 3.77. The van der Waals surface area contributed by atoms with Gasteiger partial charge in [-0.2, -0.15) is 0 Å². The first-order valence-electron chi connectivity index (χ1n) is 4.36. The highest BCUT2D eigenvalue weighted by Crippen LogP contribution is 2.20. The van der Waals surface area contributed by atoms with Crippen molar-refractivity contribution in [3.63, 3.8) is 0 Å². The Labute approximate surface area is 81.0 Å². The molecule has 14 heavy (non-hydrogen) atoms. The van der Waals surface area contributed by atoms with Gasteiger partial charge in [0.05, 0.1) is 40.0 Å². The number of nitrogens with zero attached hydrogens (tertiary/aromatic N) is 5. The summed E-state index contributed by atoms with van der Waals surface area (Å²) in [7, 11) is 0. The number of hydrogen-bond acceptors (Lipinski definition) is 6. The zero-order valence-corrected chi connectivity index (χ0v) is 7.74. The highest BCUT2D eigenvalue weighted by molar-refractivity contribution is 4.79. The zero-order valence-electron chi connectivity index (χ0n) is 7.74. The Hall–Kier alpha value is -0.960. The van der Waals surface area contributed by atoms with Crippen LogP contribution in [0.4, 0.5) is 0 Å². The van der Waals surface area contributed by atoms with Gasteiger partial charge in [0, 0.05) is 0 Å². The lowest BCUT2D eigenvalue weighted by Crippen LogP contribution is -2.71. The summed E-state index contributed by atoms with van der Waals surface area (Å²) in [6, 6.07) is 0. The van der Waals surface area contributed by atoms with E-state index in [1.54, 1.807) is 0 Å². The maximum Gasteiger partial charge on any atom is 0.291 e. The smallest absolute Gasteiger partial charge is 0.291 e. The molecule has 0 aliphatic carbocycles. The van der Waals surface area contributed by atoms with Crippen molar-refractivity contribution in [1.29, 1.82) is 0 Å². The molecule has 4 heterocycles. The van der Waals surface area contributed by atoms with Gasteiger partial charge in [0.25, 0.3) is 5.09 Å². The van der Waals surface area contributed by atoms with Gasteiger partial charge >= 0.3 is 0 Å². The Bertz CT molecular complexity index is 175. The lowest BCUT2D eigenvalue weighted by Gasteiger charge is -2.56. The van der Waals surface area contributed by atoms with Crippen LogP contribution in [0.25, 0.3) is 0 Å². The van der Waals surface area contributed by atoms with Crippen LogP contribution in [0.2, 0.25) is 0 Å². The molecule has 0 unspecified atom stereocenters. The van der Waals surface area contributed by atoms with Crippen molar-refractivity contribution in [3.05, 3.63) is 10.1 Å². The summed E-state index contributed by atoms with van der Waals surface area (Å²) in [5.74, 6) is 0. The van der Waals surface area contributed by atoms with E-state index >= 15 is 0 Å². The van der Waals surface area contributed by atoms with Crippen LogP contribution in [0, 0.1) is 10.1 Å². The van der Waals surface area contributed by atoms with Gasteiger partial charge in [-0.3, -0.25) is 19.6 Å². The Morgan fingerprint density at radius 3 is 1.14 bits per heavy atom. The summed E-state index contributed by atoms with van der Waals surface area (Å²) >= 11 is 0. The average Bonchev–Trinajstić information content (AvgIpc) is 1.98. The predicted octanol–water partition coefficient (Wildman–Crippen LogP) is -1.37. The van der Waals surface area contributed by atoms with Crippen LogP contribution in [0.15, 0.2) is 0 Å². The first kappa shape index (κ1) is 9.59. The van der Waals surface area contributed by atoms with E-state index in [-0.39, 0.29) is 0 Å². The first-order valence-corrected chi connectivity index (χ1v) is 4.36. The van der Waals surface area contributed by atoms with Gasteiger partial charge in [-0.25, -0.2) is 0 Å². The van der Waals surface area contributed by atoms with Crippen molar-refractivity contribution >= 4 is 0 Å². The van der Waals surface area contributed by atoms with Crippen molar-refractivity contribution in [3.8, 4) is 0 Å². The van der Waals surface area contributed by atoms with E-state index < -0.39 is 5.09 Å². The van der Waals surface area contributed by atoms with Crippen molar-refractivity contribution in [2.24, 2.45) is 0 Å². The molecule has 0 aromatic rings. The van der Waals surface area contributed by atoms with E-state index in [1.165, 1.54) is 40.0 Å². The molecule has 4 saturated heterocycles. The SMILES string of the molecule is C1N2CN3CN1CN(C2)C3.O=[N+]([O-])O. The van der Waals surface area contributed by atoms with E-state index in [0.717, 1.165) is 0 Å². The molecule has 0 radical (unpaired) electrons. The molecule has 0 saturated carbocycles. The predicted molar refractivity (Wildman–Crippen MR) is 45.3 cm³/mol. The monoisotopic (exact) mass is 203 g/mol. The topological polar surface area (TPSA) is 76.3 Å². The maximum absolute atomic E-state index is 8.36. The fourth-order valence-corrected chi connectivity index (χ4v) is 2.23. The molecule has 0 aromatic carbocycles. The van der Waals surface area contributed by atoms with Crippen molar-refractivity contribution in [1.82, 2.24) is 19.6 Å². The van der Waals surface area contributed by atoms with Crippen LogP contribution in [-0.2, 0) is 0 Å². The van der Waals surface area contributed by atoms with Crippen LogP contribution in [0.1, 0.15) is 0 Å². The molecule has 0 spiro atoms. The molecule has 4 aliphatic heterocycles. The van der Waals surface area contributed by atoms with Crippen LogP contribution in [0.5, 0.6) is 0 Å². The van der Waals surface area contributed by atoms with Gasteiger partial charge in [-0.15, -0.1) is 10.1 Å². The molecular weight excluding hydrogens is 190 g/mol. The van der Waals surface area contributed by atoms with Crippen molar-refractivity contribution in [2.75, 3.05) is 40.0 Å². The largest absolute Gasteiger partial charge is 0.328 e. The minimum Gasteiger partial charge on any atom is -0.328 e. The van der Waals surface area contributed by atoms with Crippen LogP contribution < -0.4 is 0 Å². The summed E-state index contributed by atoms with van der Waals surface area (Å²) in [5, 5.41) is 13.6. The van der Waals surface area contributed by atoms with E-state index in [2.05, 4.69) is 19.6 Å². The molecule has 0 aromatic heterocycles. The molecule has 4 aliphatic rings. The summed E-state index contributed by atoms with van der Waals surface area (Å²) in [4.78, 5) is 18.2. The Kier molecular flexibility index (Phi) is 2.50. The summed E-state index contributed by atoms with van der Waals surface area (Å²) < 4.78 is 0. The molecule has 8 nitrogen and oxygen atoms in total. The number of rotatable bonds is 0. The van der Waals surface area contributed by atoms with E-state index in [4.69, 9.17) is 15.3 Å². The highest BCUT2D eigenvalue weighted by Gasteiger charge is 2.36. The third kappa shape index (κ3) is 2.10. The summed E-state index contributed by atoms with van der Waals surface area (Å²) in [6.45, 7) is 7.12. The van der Waals surface area contributed by atoms with Crippen molar-refractivity contribution in [2.45, 2.75) is 0 Å². The second-order valence-electron chi connectivity index (χ2n) is 3.77. The molecular formula is C6H13N5O3. The first-order chi connectivity index (χ1) is 6.63. The summed E-state index contributed by atoms with van der Waals surface area (Å²) in [6.07, 6.45) is 0. The number of hydrogen-bond donors (Lipinski definition) is 1. The minimum atomic E-state index is -1.50. The zero-order chi connectivity index (χ0) is 10.1. The fourth-order valence-electron chi connectivity index (χ4n) is 2.23. The molecule has 8 heteroatoms. The lowest BCUT2D eigenvalue weighted by molar-refractivity contribution is -0.742. The Morgan fingerprint density at radius 1 is 0.857 bits per heavy atom. The Morgan fingerprint density at radius 2 is 1.00 bits per heavy atom. The lowest BCUT2D eigenvalue weighted by atomic mass is 10.4. The molecule has 4 fully saturated rings. The fraction of sp³-hybridized carbons (Fsp3) is 1.00. The van der Waals surface area contributed by atoms with Crippen molar-refractivity contribution < 1.29 is 10.3 Å². The standard InChI is InChI=1S/C6H12N4.HNO3/c1-7-2-9-4-8(1)5-10(3-7)6-9;2-1(3)4/h1-6H2;(H,2,3,4). The molecule has 80 valence electrons. The molecule has 0 amide bonds. The van der Waals surface area contributed by atoms with Gasteiger partial charge in [0.15, 0.2) is 0 Å². The maximum atomic E-state index is 8.36. The van der Waals surface area contributed by atoms with Gasteiger partial charge in [-0.1, -0.05) is 0 Å². The quantitative estimate of drug-likeness (QED) is 0.384. The third-order valence-corrected chi connectivity index (χ3v) is 2.40. The molecule has 4 bridgehead atoms. The second kappa shape index (κ2) is 3.65. The Balaban J connectivity index is 0.000000165. The summed E-state index contributed by atoms with van der Waals surface area (Å²) in [5.41, 5.74) is 0. The minimum absolute atomic E-state index is 1.19. The van der Waals surface area contributed by atoms with Crippen LogP contribution >= 0.6 is 0 Å². The molecule has 1 N–H and O–H groups in total. The normalized spacial score (nSPS) is 42.9. The van der Waals surface area contributed by atoms with E-state index in [0.29, 0.717) is 0 Å². The van der Waals surface area contributed by atoms with Crippen LogP contribution in [-0.4, -0.2) is 69.9 Å². The van der Waals surface area contributed by atoms with Gasteiger partial charge in [-0.05, 0) is 0 Å². The van der Waals surface area contributed by atoms with Gasteiger partial charge in [0.2, 0.25) is 0 Å². The van der Waals surface area contributed by atoms with Crippen LogP contribution in [0.3, 0.4) is 0 Å². The average molecular weight is 203 g/mol. The highest BCUT2D eigenvalue weighted by atomic mass is 16.9. The van der Waals surface area contributed by atoms with Gasteiger partial charge in [0.1, 0.15) is 0 Å². The van der Waals surface area contributed by atoms with E-state index in [9.17, 15) is 0 Å². The molecule has 4 rings (SSSR count). The van der Waals surface area contributed by atoms with E-state index in [1.807, 2.05) is 0 Å². The third-order valence-electron chi connectivity index (χ3n) is 2.40. The van der Waals surface area contributed by atoms with Gasteiger partial charge < -0.3 is 5.21 Å². The molecule has 0 atom stereocenters.